The Bertz CT molecular complexity index is 863. The zero-order valence-electron chi connectivity index (χ0n) is 13.8. The number of para-hydroxylation sites is 1. The molecule has 7 heteroatoms. The van der Waals surface area contributed by atoms with Gasteiger partial charge in [0, 0.05) is 11.3 Å². The summed E-state index contributed by atoms with van der Waals surface area (Å²) in [5.41, 5.74) is 1.74. The summed E-state index contributed by atoms with van der Waals surface area (Å²) in [4.78, 5) is 11.2. The first-order valence-corrected chi connectivity index (χ1v) is 8.53. The van der Waals surface area contributed by atoms with Crippen LogP contribution in [-0.2, 0) is 4.79 Å². The van der Waals surface area contributed by atoms with Crippen molar-refractivity contribution in [2.75, 3.05) is 7.11 Å². The lowest BCUT2D eigenvalue weighted by Gasteiger charge is -2.11. The van der Waals surface area contributed by atoms with Crippen LogP contribution in [0.5, 0.6) is 5.75 Å². The van der Waals surface area contributed by atoms with Gasteiger partial charge in [0.25, 0.3) is 0 Å². The van der Waals surface area contributed by atoms with E-state index >= 15 is 0 Å². The quantitative estimate of drug-likeness (QED) is 0.682. The van der Waals surface area contributed by atoms with Gasteiger partial charge in [-0.3, -0.25) is 9.36 Å². The van der Waals surface area contributed by atoms with Crippen molar-refractivity contribution in [1.82, 2.24) is 14.8 Å². The molecule has 128 valence electrons. The van der Waals surface area contributed by atoms with Crippen molar-refractivity contribution in [2.45, 2.75) is 17.3 Å². The molecule has 2 aromatic carbocycles. The van der Waals surface area contributed by atoms with Crippen LogP contribution in [0.2, 0.25) is 0 Å². The third-order valence-corrected chi connectivity index (χ3v) is 4.66. The van der Waals surface area contributed by atoms with Crippen molar-refractivity contribution in [3.63, 3.8) is 0 Å². The highest BCUT2D eigenvalue weighted by molar-refractivity contribution is 8.00. The van der Waals surface area contributed by atoms with Crippen molar-refractivity contribution in [3.05, 3.63) is 54.6 Å². The normalized spacial score (nSPS) is 11.9. The molecule has 3 rings (SSSR count). The van der Waals surface area contributed by atoms with Gasteiger partial charge < -0.3 is 9.84 Å². The van der Waals surface area contributed by atoms with Crippen molar-refractivity contribution in [2.24, 2.45) is 0 Å². The Hall–Kier alpha value is -2.80. The Morgan fingerprint density at radius 3 is 2.40 bits per heavy atom. The first-order chi connectivity index (χ1) is 12.1. The number of hydrogen-bond acceptors (Lipinski definition) is 5. The number of carboxylic acids is 1. The Labute approximate surface area is 149 Å². The predicted molar refractivity (Wildman–Crippen MR) is 96.3 cm³/mol. The van der Waals surface area contributed by atoms with Gasteiger partial charge in [-0.2, -0.15) is 0 Å². The van der Waals surface area contributed by atoms with Crippen LogP contribution in [0.15, 0.2) is 59.8 Å². The lowest BCUT2D eigenvalue weighted by Crippen LogP contribution is -2.12. The van der Waals surface area contributed by atoms with Crippen LogP contribution in [0.3, 0.4) is 0 Å². The second kappa shape index (κ2) is 7.40. The fourth-order valence-electron chi connectivity index (χ4n) is 2.29. The predicted octanol–water partition coefficient (Wildman–Crippen LogP) is 3.51. The molecule has 0 aliphatic heterocycles. The van der Waals surface area contributed by atoms with Crippen LogP contribution >= 0.6 is 11.8 Å². The first kappa shape index (κ1) is 17.0. The zero-order valence-corrected chi connectivity index (χ0v) is 14.6. The maximum Gasteiger partial charge on any atom is 0.316 e. The van der Waals surface area contributed by atoms with E-state index in [1.807, 2.05) is 59.2 Å². The Morgan fingerprint density at radius 1 is 1.12 bits per heavy atom. The van der Waals surface area contributed by atoms with Gasteiger partial charge >= 0.3 is 5.97 Å². The van der Waals surface area contributed by atoms with E-state index in [0.29, 0.717) is 11.0 Å². The summed E-state index contributed by atoms with van der Waals surface area (Å²) in [6.07, 6.45) is 0. The van der Waals surface area contributed by atoms with E-state index in [-0.39, 0.29) is 0 Å². The number of aliphatic carboxylic acids is 1. The van der Waals surface area contributed by atoms with Crippen LogP contribution in [0.1, 0.15) is 6.92 Å². The molecule has 0 saturated carbocycles. The molecule has 1 N–H and O–H groups in total. The third kappa shape index (κ3) is 3.66. The summed E-state index contributed by atoms with van der Waals surface area (Å²) in [5, 5.41) is 17.6. The van der Waals surface area contributed by atoms with E-state index in [4.69, 9.17) is 4.74 Å². The van der Waals surface area contributed by atoms with Crippen molar-refractivity contribution in [1.29, 1.82) is 0 Å². The van der Waals surface area contributed by atoms with Gasteiger partial charge in [-0.25, -0.2) is 0 Å². The first-order valence-electron chi connectivity index (χ1n) is 7.65. The molecule has 0 aliphatic rings. The monoisotopic (exact) mass is 355 g/mol. The van der Waals surface area contributed by atoms with E-state index in [2.05, 4.69) is 10.2 Å². The Kier molecular flexibility index (Phi) is 5.04. The molecule has 6 nitrogen and oxygen atoms in total. The molecule has 0 amide bonds. The van der Waals surface area contributed by atoms with Gasteiger partial charge in [-0.1, -0.05) is 30.0 Å². The van der Waals surface area contributed by atoms with Gasteiger partial charge in [-0.15, -0.1) is 10.2 Å². The van der Waals surface area contributed by atoms with Crippen LogP contribution in [-0.4, -0.2) is 38.2 Å². The number of thioether (sulfide) groups is 1. The molecule has 3 aromatic rings. The summed E-state index contributed by atoms with van der Waals surface area (Å²) in [6.45, 7) is 1.63. The van der Waals surface area contributed by atoms with Gasteiger partial charge in [-0.05, 0) is 43.3 Å². The summed E-state index contributed by atoms with van der Waals surface area (Å²) in [5.74, 6) is 0.510. The largest absolute Gasteiger partial charge is 0.497 e. The summed E-state index contributed by atoms with van der Waals surface area (Å²) in [7, 11) is 1.61. The lowest BCUT2D eigenvalue weighted by molar-refractivity contribution is -0.136. The molecule has 0 spiro atoms. The van der Waals surface area contributed by atoms with Crippen molar-refractivity contribution < 1.29 is 14.6 Å². The number of carboxylic acid groups (broad SMARTS) is 1. The van der Waals surface area contributed by atoms with Gasteiger partial charge in [0.2, 0.25) is 0 Å². The maximum absolute atomic E-state index is 11.2. The summed E-state index contributed by atoms with van der Waals surface area (Å²) < 4.78 is 7.06. The molecule has 1 heterocycles. The lowest BCUT2D eigenvalue weighted by atomic mass is 10.2. The molecular formula is C18H17N3O3S. The van der Waals surface area contributed by atoms with E-state index in [9.17, 15) is 9.90 Å². The van der Waals surface area contributed by atoms with E-state index in [1.165, 1.54) is 0 Å². The third-order valence-electron chi connectivity index (χ3n) is 3.63. The van der Waals surface area contributed by atoms with Gasteiger partial charge in [0.05, 0.1) is 7.11 Å². The SMILES string of the molecule is COc1ccc(-c2nnc(S[C@H](C)C(=O)O)n2-c2ccccc2)cc1. The molecule has 1 aromatic heterocycles. The van der Waals surface area contributed by atoms with Crippen LogP contribution in [0.25, 0.3) is 17.1 Å². The molecule has 0 saturated heterocycles. The number of methoxy groups -OCH3 is 1. The standard InChI is InChI=1S/C18H17N3O3S/c1-12(17(22)23)25-18-20-19-16(13-8-10-15(24-2)11-9-13)21(18)14-6-4-3-5-7-14/h3-12H,1-2H3,(H,22,23)/t12-/m1/s1. The fourth-order valence-corrected chi connectivity index (χ4v) is 3.09. The molecule has 0 unspecified atom stereocenters. The smallest absolute Gasteiger partial charge is 0.316 e. The molecular weight excluding hydrogens is 338 g/mol. The maximum atomic E-state index is 11.2. The highest BCUT2D eigenvalue weighted by Crippen LogP contribution is 2.30. The molecule has 0 bridgehead atoms. The molecule has 1 atom stereocenters. The van der Waals surface area contributed by atoms with Gasteiger partial charge in [0.15, 0.2) is 11.0 Å². The number of benzene rings is 2. The van der Waals surface area contributed by atoms with E-state index < -0.39 is 11.2 Å². The Morgan fingerprint density at radius 2 is 1.80 bits per heavy atom. The van der Waals surface area contributed by atoms with Crippen LogP contribution in [0, 0.1) is 0 Å². The fraction of sp³-hybridized carbons (Fsp3) is 0.167. The second-order valence-corrected chi connectivity index (χ2v) is 6.61. The highest BCUT2D eigenvalue weighted by atomic mass is 32.2. The topological polar surface area (TPSA) is 77.2 Å². The molecule has 0 fully saturated rings. The van der Waals surface area contributed by atoms with Crippen LogP contribution < -0.4 is 4.74 Å². The molecule has 0 radical (unpaired) electrons. The number of ether oxygens (including phenoxy) is 1. The molecule has 0 aliphatic carbocycles. The van der Waals surface area contributed by atoms with Crippen molar-refractivity contribution >= 4 is 17.7 Å². The second-order valence-electron chi connectivity index (χ2n) is 5.30. The summed E-state index contributed by atoms with van der Waals surface area (Å²) in [6, 6.07) is 17.1. The van der Waals surface area contributed by atoms with E-state index in [0.717, 1.165) is 28.8 Å². The highest BCUT2D eigenvalue weighted by Gasteiger charge is 2.21. The van der Waals surface area contributed by atoms with Crippen molar-refractivity contribution in [3.8, 4) is 22.8 Å². The number of rotatable bonds is 6. The Balaban J connectivity index is 2.08. The van der Waals surface area contributed by atoms with E-state index in [1.54, 1.807) is 14.0 Å². The average molecular weight is 355 g/mol. The number of nitrogens with zero attached hydrogens (tertiary/aromatic N) is 3. The average Bonchev–Trinajstić information content (AvgIpc) is 3.06. The number of carbonyl (C=O) groups is 1. The number of aromatic nitrogens is 3. The minimum atomic E-state index is -0.890. The minimum absolute atomic E-state index is 0.534. The zero-order chi connectivity index (χ0) is 17.8. The van der Waals surface area contributed by atoms with Crippen LogP contribution in [0.4, 0.5) is 0 Å². The summed E-state index contributed by atoms with van der Waals surface area (Å²) >= 11 is 1.16. The molecule has 25 heavy (non-hydrogen) atoms. The number of hydrogen-bond donors (Lipinski definition) is 1. The van der Waals surface area contributed by atoms with Gasteiger partial charge in [0.1, 0.15) is 11.0 Å². The minimum Gasteiger partial charge on any atom is -0.497 e.